The zero-order valence-electron chi connectivity index (χ0n) is 17.5. The van der Waals surface area contributed by atoms with Crippen molar-refractivity contribution in [1.82, 2.24) is 15.3 Å². The molecule has 33 heavy (non-hydrogen) atoms. The topological polar surface area (TPSA) is 73.3 Å². The Morgan fingerprint density at radius 1 is 1.15 bits per heavy atom. The molecular formula is C25H20ClN3O3S. The third kappa shape index (κ3) is 4.84. The van der Waals surface area contributed by atoms with Crippen molar-refractivity contribution in [2.24, 2.45) is 0 Å². The van der Waals surface area contributed by atoms with E-state index < -0.39 is 0 Å². The highest BCUT2D eigenvalue weighted by Gasteiger charge is 2.25. The molecule has 2 aromatic carbocycles. The fourth-order valence-electron chi connectivity index (χ4n) is 3.67. The number of halogens is 1. The zero-order valence-corrected chi connectivity index (χ0v) is 19.1. The molecule has 0 saturated heterocycles. The Kier molecular flexibility index (Phi) is 6.24. The average Bonchev–Trinajstić information content (AvgIpc) is 3.34. The molecule has 0 aliphatic carbocycles. The highest BCUT2D eigenvalue weighted by Crippen LogP contribution is 2.43. The molecule has 8 heteroatoms. The van der Waals surface area contributed by atoms with Gasteiger partial charge in [0.05, 0.1) is 11.2 Å². The van der Waals surface area contributed by atoms with E-state index in [4.69, 9.17) is 21.1 Å². The summed E-state index contributed by atoms with van der Waals surface area (Å²) < 4.78 is 12.1. The molecule has 166 valence electrons. The van der Waals surface area contributed by atoms with Crippen molar-refractivity contribution in [3.05, 3.63) is 99.8 Å². The molecule has 2 aromatic heterocycles. The van der Waals surface area contributed by atoms with Gasteiger partial charge in [0.2, 0.25) is 0 Å². The van der Waals surface area contributed by atoms with Gasteiger partial charge >= 0.3 is 0 Å². The summed E-state index contributed by atoms with van der Waals surface area (Å²) in [6.07, 6.45) is 6.51. The van der Waals surface area contributed by atoms with E-state index >= 15 is 0 Å². The normalized spacial score (nSPS) is 14.8. The largest absolute Gasteiger partial charge is 0.485 e. The minimum absolute atomic E-state index is 0.00807. The van der Waals surface area contributed by atoms with Crippen LogP contribution in [0.2, 0.25) is 5.02 Å². The number of nitrogens with zero attached hydrogens (tertiary/aromatic N) is 2. The Labute approximate surface area is 200 Å². The van der Waals surface area contributed by atoms with E-state index in [0.717, 1.165) is 35.3 Å². The van der Waals surface area contributed by atoms with E-state index in [1.807, 2.05) is 36.4 Å². The molecule has 1 aliphatic rings. The van der Waals surface area contributed by atoms with Crippen LogP contribution < -0.4 is 14.8 Å². The van der Waals surface area contributed by atoms with Crippen LogP contribution in [-0.4, -0.2) is 15.9 Å². The van der Waals surface area contributed by atoms with Crippen LogP contribution in [-0.2, 0) is 13.0 Å². The van der Waals surface area contributed by atoms with Crippen LogP contribution in [0.3, 0.4) is 0 Å². The van der Waals surface area contributed by atoms with Gasteiger partial charge in [0, 0.05) is 24.5 Å². The maximum atomic E-state index is 12.4. The van der Waals surface area contributed by atoms with Gasteiger partial charge in [-0.1, -0.05) is 53.3 Å². The van der Waals surface area contributed by atoms with E-state index in [2.05, 4.69) is 27.4 Å². The van der Waals surface area contributed by atoms with Crippen molar-refractivity contribution >= 4 is 28.8 Å². The van der Waals surface area contributed by atoms with E-state index in [0.29, 0.717) is 27.4 Å². The van der Waals surface area contributed by atoms with Crippen molar-refractivity contribution in [3.8, 4) is 16.7 Å². The molecule has 0 spiro atoms. The van der Waals surface area contributed by atoms with Crippen molar-refractivity contribution in [1.29, 1.82) is 0 Å². The molecule has 4 aromatic rings. The molecule has 1 aliphatic heterocycles. The summed E-state index contributed by atoms with van der Waals surface area (Å²) in [5, 5.41) is 3.73. The molecular weight excluding hydrogens is 458 g/mol. The number of hydrogen-bond acceptors (Lipinski definition) is 6. The summed E-state index contributed by atoms with van der Waals surface area (Å²) >= 11 is 7.81. The summed E-state index contributed by atoms with van der Waals surface area (Å²) in [4.78, 5) is 21.1. The molecule has 1 unspecified atom stereocenters. The van der Waals surface area contributed by atoms with Crippen molar-refractivity contribution in [3.63, 3.8) is 0 Å². The summed E-state index contributed by atoms with van der Waals surface area (Å²) in [5.41, 5.74) is 3.04. The van der Waals surface area contributed by atoms with Crippen LogP contribution in [0, 0.1) is 0 Å². The molecule has 0 bridgehead atoms. The second-order valence-corrected chi connectivity index (χ2v) is 8.91. The van der Waals surface area contributed by atoms with Gasteiger partial charge in [-0.3, -0.25) is 9.78 Å². The molecule has 0 fully saturated rings. The number of thiazole rings is 1. The predicted molar refractivity (Wildman–Crippen MR) is 127 cm³/mol. The number of hydrogen-bond donors (Lipinski definition) is 1. The second kappa shape index (κ2) is 9.60. The number of pyridine rings is 1. The van der Waals surface area contributed by atoms with Gasteiger partial charge in [-0.2, -0.15) is 0 Å². The van der Waals surface area contributed by atoms with Crippen molar-refractivity contribution < 1.29 is 14.3 Å². The van der Waals surface area contributed by atoms with Gasteiger partial charge in [-0.15, -0.1) is 0 Å². The molecule has 0 radical (unpaired) electrons. The summed E-state index contributed by atoms with van der Waals surface area (Å²) in [6, 6.07) is 17.5. The number of carbonyl (C=O) groups is 1. The van der Waals surface area contributed by atoms with Crippen molar-refractivity contribution in [2.45, 2.75) is 25.5 Å². The minimum atomic E-state index is -0.212. The molecule has 1 N–H and O–H groups in total. The van der Waals surface area contributed by atoms with E-state index in [1.165, 1.54) is 17.5 Å². The molecule has 1 amide bonds. The smallest absolute Gasteiger partial charge is 0.279 e. The van der Waals surface area contributed by atoms with Crippen LogP contribution in [0.15, 0.2) is 73.2 Å². The number of aromatic nitrogens is 2. The summed E-state index contributed by atoms with van der Waals surface area (Å²) in [5.74, 6) is 1.05. The third-order valence-corrected chi connectivity index (χ3v) is 6.66. The lowest BCUT2D eigenvalue weighted by Crippen LogP contribution is -2.21. The highest BCUT2D eigenvalue weighted by atomic mass is 35.5. The Morgan fingerprint density at radius 3 is 2.79 bits per heavy atom. The fraction of sp³-hybridized carbons (Fsp3) is 0.160. The zero-order chi connectivity index (χ0) is 22.6. The van der Waals surface area contributed by atoms with Gasteiger partial charge in [-0.25, -0.2) is 4.98 Å². The molecule has 6 nitrogen and oxygen atoms in total. The monoisotopic (exact) mass is 477 g/mol. The Hall–Kier alpha value is -3.42. The maximum absolute atomic E-state index is 12.4. The lowest BCUT2D eigenvalue weighted by atomic mass is 9.97. The standard InChI is InChI=1S/C25H20ClN3O3S/c26-23-18-6-7-19(17-4-2-1-3-5-17)31-20(18)8-9-21(23)32-25-29-15-22(33-25)24(30)28-14-16-10-12-27-13-11-16/h1-5,8-13,15,19H,6-7,14H2,(H,28,30). The van der Waals surface area contributed by atoms with Crippen LogP contribution >= 0.6 is 22.9 Å². The van der Waals surface area contributed by atoms with Gasteiger partial charge < -0.3 is 14.8 Å². The lowest BCUT2D eigenvalue weighted by Gasteiger charge is -2.27. The number of amides is 1. The average molecular weight is 478 g/mol. The van der Waals surface area contributed by atoms with Crippen LogP contribution in [0.4, 0.5) is 0 Å². The summed E-state index contributed by atoms with van der Waals surface area (Å²) in [6.45, 7) is 0.413. The van der Waals surface area contributed by atoms with E-state index in [-0.39, 0.29) is 12.0 Å². The van der Waals surface area contributed by atoms with E-state index in [9.17, 15) is 4.79 Å². The Balaban J connectivity index is 1.25. The highest BCUT2D eigenvalue weighted by molar-refractivity contribution is 7.15. The lowest BCUT2D eigenvalue weighted by molar-refractivity contribution is 0.0954. The van der Waals surface area contributed by atoms with Gasteiger partial charge in [0.1, 0.15) is 22.5 Å². The molecule has 5 rings (SSSR count). The first-order valence-electron chi connectivity index (χ1n) is 10.5. The van der Waals surface area contributed by atoms with Gasteiger partial charge in [0.15, 0.2) is 0 Å². The Bertz CT molecular complexity index is 1260. The van der Waals surface area contributed by atoms with Gasteiger partial charge in [-0.05, 0) is 48.2 Å². The first-order chi connectivity index (χ1) is 16.2. The van der Waals surface area contributed by atoms with Crippen LogP contribution in [0.1, 0.15) is 38.9 Å². The molecule has 1 atom stereocenters. The quantitative estimate of drug-likeness (QED) is 0.370. The van der Waals surface area contributed by atoms with Crippen molar-refractivity contribution in [2.75, 3.05) is 0 Å². The first-order valence-corrected chi connectivity index (χ1v) is 11.7. The van der Waals surface area contributed by atoms with E-state index in [1.54, 1.807) is 18.5 Å². The number of fused-ring (bicyclic) bond motifs is 1. The second-order valence-electron chi connectivity index (χ2n) is 7.54. The van der Waals surface area contributed by atoms with Crippen LogP contribution in [0.5, 0.6) is 16.7 Å². The number of nitrogens with one attached hydrogen (secondary N) is 1. The number of carbonyl (C=O) groups excluding carboxylic acids is 1. The molecule has 0 saturated carbocycles. The van der Waals surface area contributed by atoms with Gasteiger partial charge in [0.25, 0.3) is 11.1 Å². The first kappa shape index (κ1) is 21.4. The third-order valence-electron chi connectivity index (χ3n) is 5.37. The predicted octanol–water partition coefficient (Wildman–Crippen LogP) is 5.98. The Morgan fingerprint density at radius 2 is 1.97 bits per heavy atom. The number of ether oxygens (including phenoxy) is 2. The number of rotatable bonds is 6. The SMILES string of the molecule is O=C(NCc1ccncc1)c1cnc(Oc2ccc3c(c2Cl)CCC(c2ccccc2)O3)s1. The molecule has 3 heterocycles. The maximum Gasteiger partial charge on any atom is 0.279 e. The van der Waals surface area contributed by atoms with Crippen LogP contribution in [0.25, 0.3) is 0 Å². The fourth-order valence-corrected chi connectivity index (χ4v) is 4.65. The minimum Gasteiger partial charge on any atom is -0.485 e. The number of benzene rings is 2. The summed E-state index contributed by atoms with van der Waals surface area (Å²) in [7, 11) is 0.